The van der Waals surface area contributed by atoms with Crippen molar-refractivity contribution in [3.8, 4) is 11.1 Å². The van der Waals surface area contributed by atoms with Gasteiger partial charge in [0.2, 0.25) is 0 Å². The predicted molar refractivity (Wildman–Crippen MR) is 71.6 cm³/mol. The number of Topliss-reactive ketones (excluding diaryl/α,β-unsaturated/α-hetero) is 1. The van der Waals surface area contributed by atoms with E-state index in [-0.39, 0.29) is 11.3 Å². The van der Waals surface area contributed by atoms with Crippen LogP contribution in [0.2, 0.25) is 0 Å². The Morgan fingerprint density at radius 3 is 2.30 bits per heavy atom. The Kier molecular flexibility index (Phi) is 3.66. The van der Waals surface area contributed by atoms with Gasteiger partial charge in [-0.15, -0.1) is 0 Å². The molecule has 2 rings (SSSR count). The van der Waals surface area contributed by atoms with Gasteiger partial charge in [0.25, 0.3) is 0 Å². The molecule has 0 unspecified atom stereocenters. The first-order valence-corrected chi connectivity index (χ1v) is 6.09. The van der Waals surface area contributed by atoms with Crippen LogP contribution < -0.4 is 0 Å². The average Bonchev–Trinajstić information content (AvgIpc) is 2.38. The van der Waals surface area contributed by atoms with Gasteiger partial charge in [0.05, 0.1) is 5.56 Å². The largest absolute Gasteiger partial charge is 0.417 e. The van der Waals surface area contributed by atoms with Gasteiger partial charge in [0.15, 0.2) is 5.78 Å². The van der Waals surface area contributed by atoms with Gasteiger partial charge in [-0.1, -0.05) is 30.3 Å². The van der Waals surface area contributed by atoms with Crippen molar-refractivity contribution in [1.82, 2.24) is 0 Å². The first-order chi connectivity index (χ1) is 9.30. The minimum Gasteiger partial charge on any atom is -0.295 e. The van der Waals surface area contributed by atoms with Crippen LogP contribution in [0, 0.1) is 6.92 Å². The summed E-state index contributed by atoms with van der Waals surface area (Å²) in [6.45, 7) is 3.16. The van der Waals surface area contributed by atoms with E-state index in [1.54, 1.807) is 25.1 Å². The van der Waals surface area contributed by atoms with Crippen LogP contribution in [-0.2, 0) is 6.18 Å². The van der Waals surface area contributed by atoms with Crippen LogP contribution in [0.15, 0.2) is 42.5 Å². The van der Waals surface area contributed by atoms with E-state index in [9.17, 15) is 18.0 Å². The fourth-order valence-electron chi connectivity index (χ4n) is 2.15. The van der Waals surface area contributed by atoms with Crippen molar-refractivity contribution in [3.63, 3.8) is 0 Å². The molecular weight excluding hydrogens is 265 g/mol. The molecule has 0 heterocycles. The standard InChI is InChI=1S/C16H13F3O/c1-10-7-8-12(9-14(10)11(2)20)13-5-3-4-6-15(13)16(17,18)19/h3-9H,1-2H3. The summed E-state index contributed by atoms with van der Waals surface area (Å²) in [7, 11) is 0. The number of hydrogen-bond donors (Lipinski definition) is 0. The molecule has 4 heteroatoms. The van der Waals surface area contributed by atoms with Crippen molar-refractivity contribution >= 4 is 5.78 Å². The van der Waals surface area contributed by atoms with Crippen molar-refractivity contribution in [2.45, 2.75) is 20.0 Å². The van der Waals surface area contributed by atoms with Crippen LogP contribution in [-0.4, -0.2) is 5.78 Å². The summed E-state index contributed by atoms with van der Waals surface area (Å²) in [5.74, 6) is -0.158. The third-order valence-electron chi connectivity index (χ3n) is 3.16. The molecule has 0 N–H and O–H groups in total. The Bertz CT molecular complexity index is 657. The van der Waals surface area contributed by atoms with Crippen molar-refractivity contribution in [2.24, 2.45) is 0 Å². The molecule has 0 aliphatic heterocycles. The molecule has 2 aromatic carbocycles. The van der Waals surface area contributed by atoms with E-state index in [0.29, 0.717) is 11.1 Å². The second-order valence-electron chi connectivity index (χ2n) is 4.63. The van der Waals surface area contributed by atoms with Crippen LogP contribution in [0.3, 0.4) is 0 Å². The van der Waals surface area contributed by atoms with E-state index >= 15 is 0 Å². The van der Waals surface area contributed by atoms with E-state index in [1.165, 1.54) is 25.1 Å². The van der Waals surface area contributed by atoms with Gasteiger partial charge < -0.3 is 0 Å². The zero-order chi connectivity index (χ0) is 14.9. The molecule has 0 radical (unpaired) electrons. The molecule has 2 aromatic rings. The summed E-state index contributed by atoms with van der Waals surface area (Å²) in [6.07, 6.45) is -4.42. The molecule has 1 nitrogen and oxygen atoms in total. The van der Waals surface area contributed by atoms with Gasteiger partial charge >= 0.3 is 6.18 Å². The van der Waals surface area contributed by atoms with Crippen LogP contribution in [0.5, 0.6) is 0 Å². The van der Waals surface area contributed by atoms with E-state index in [0.717, 1.165) is 11.6 Å². The molecule has 0 aliphatic carbocycles. The number of aryl methyl sites for hydroxylation is 1. The summed E-state index contributed by atoms with van der Waals surface area (Å²) in [5.41, 5.74) is 0.986. The van der Waals surface area contributed by atoms with E-state index < -0.39 is 11.7 Å². The number of carbonyl (C=O) groups excluding carboxylic acids is 1. The van der Waals surface area contributed by atoms with Crippen molar-refractivity contribution in [1.29, 1.82) is 0 Å². The molecule has 0 amide bonds. The second-order valence-corrected chi connectivity index (χ2v) is 4.63. The Morgan fingerprint density at radius 2 is 1.70 bits per heavy atom. The monoisotopic (exact) mass is 278 g/mol. The SMILES string of the molecule is CC(=O)c1cc(-c2ccccc2C(F)(F)F)ccc1C. The highest BCUT2D eigenvalue weighted by molar-refractivity contribution is 5.96. The summed E-state index contributed by atoms with van der Waals surface area (Å²) in [4.78, 5) is 11.5. The highest BCUT2D eigenvalue weighted by atomic mass is 19.4. The number of carbonyl (C=O) groups is 1. The maximum Gasteiger partial charge on any atom is 0.417 e. The topological polar surface area (TPSA) is 17.1 Å². The molecule has 20 heavy (non-hydrogen) atoms. The minimum absolute atomic E-state index is 0.0856. The summed E-state index contributed by atoms with van der Waals surface area (Å²) >= 11 is 0. The van der Waals surface area contributed by atoms with Crippen LogP contribution in [0.25, 0.3) is 11.1 Å². The second kappa shape index (κ2) is 5.12. The van der Waals surface area contributed by atoms with Crippen LogP contribution in [0.4, 0.5) is 13.2 Å². The first kappa shape index (κ1) is 14.3. The molecule has 0 saturated carbocycles. The third-order valence-corrected chi connectivity index (χ3v) is 3.16. The van der Waals surface area contributed by atoms with Gasteiger partial charge in [0, 0.05) is 5.56 Å². The molecule has 0 spiro atoms. The smallest absolute Gasteiger partial charge is 0.295 e. The van der Waals surface area contributed by atoms with Gasteiger partial charge in [0.1, 0.15) is 0 Å². The zero-order valence-electron chi connectivity index (χ0n) is 11.1. The maximum atomic E-state index is 13.0. The number of ketones is 1. The molecule has 0 saturated heterocycles. The molecule has 0 aliphatic rings. The average molecular weight is 278 g/mol. The fraction of sp³-hybridized carbons (Fsp3) is 0.188. The predicted octanol–water partition coefficient (Wildman–Crippen LogP) is 4.88. The normalized spacial score (nSPS) is 11.4. The molecule has 104 valence electrons. The highest BCUT2D eigenvalue weighted by Crippen LogP contribution is 2.37. The van der Waals surface area contributed by atoms with Gasteiger partial charge in [-0.2, -0.15) is 13.2 Å². The van der Waals surface area contributed by atoms with E-state index in [4.69, 9.17) is 0 Å². The zero-order valence-corrected chi connectivity index (χ0v) is 11.1. The van der Waals surface area contributed by atoms with Crippen molar-refractivity contribution in [3.05, 3.63) is 59.2 Å². The first-order valence-electron chi connectivity index (χ1n) is 6.09. The third kappa shape index (κ3) is 2.74. The summed E-state index contributed by atoms with van der Waals surface area (Å²) in [6, 6.07) is 10.2. The number of rotatable bonds is 2. The van der Waals surface area contributed by atoms with Crippen molar-refractivity contribution < 1.29 is 18.0 Å². The van der Waals surface area contributed by atoms with E-state index in [1.807, 2.05) is 0 Å². The number of halogens is 3. The Hall–Kier alpha value is -2.10. The lowest BCUT2D eigenvalue weighted by Crippen LogP contribution is -2.07. The Balaban J connectivity index is 2.64. The van der Waals surface area contributed by atoms with Gasteiger partial charge in [-0.3, -0.25) is 4.79 Å². The lowest BCUT2D eigenvalue weighted by molar-refractivity contribution is -0.137. The van der Waals surface area contributed by atoms with Gasteiger partial charge in [-0.05, 0) is 42.7 Å². The maximum absolute atomic E-state index is 13.0. The summed E-state index contributed by atoms with van der Waals surface area (Å²) in [5, 5.41) is 0. The molecular formula is C16H13F3O. The molecule has 0 atom stereocenters. The molecule has 0 fully saturated rings. The lowest BCUT2D eigenvalue weighted by Gasteiger charge is -2.14. The fourth-order valence-corrected chi connectivity index (χ4v) is 2.15. The van der Waals surface area contributed by atoms with E-state index in [2.05, 4.69) is 0 Å². The summed E-state index contributed by atoms with van der Waals surface area (Å²) < 4.78 is 39.0. The highest BCUT2D eigenvalue weighted by Gasteiger charge is 2.33. The van der Waals surface area contributed by atoms with Crippen LogP contribution >= 0.6 is 0 Å². The van der Waals surface area contributed by atoms with Crippen molar-refractivity contribution in [2.75, 3.05) is 0 Å². The lowest BCUT2D eigenvalue weighted by atomic mass is 9.95. The molecule has 0 bridgehead atoms. The minimum atomic E-state index is -4.42. The van der Waals surface area contributed by atoms with Crippen LogP contribution in [0.1, 0.15) is 28.4 Å². The Morgan fingerprint density at radius 1 is 1.05 bits per heavy atom. The Labute approximate surface area is 115 Å². The number of benzene rings is 2. The molecule has 0 aromatic heterocycles. The number of alkyl halides is 3. The quantitative estimate of drug-likeness (QED) is 0.715. The van der Waals surface area contributed by atoms with Gasteiger partial charge in [-0.25, -0.2) is 0 Å². The number of hydrogen-bond acceptors (Lipinski definition) is 1.